The molecule has 5 rings (SSSR count). The normalized spacial score (nSPS) is 15.9. The second-order valence-corrected chi connectivity index (χ2v) is 7.40. The van der Waals surface area contributed by atoms with Crippen molar-refractivity contribution in [3.05, 3.63) is 54.4 Å². The van der Waals surface area contributed by atoms with E-state index in [1.807, 2.05) is 18.2 Å². The molecule has 7 heteroatoms. The summed E-state index contributed by atoms with van der Waals surface area (Å²) in [4.78, 5) is 10.5. The molecule has 1 aliphatic heterocycles. The van der Waals surface area contributed by atoms with Crippen molar-refractivity contribution in [1.82, 2.24) is 18.7 Å². The first-order valence-electron chi connectivity index (χ1n) is 8.82. The highest BCUT2D eigenvalue weighted by Crippen LogP contribution is 2.23. The third-order valence-electron chi connectivity index (χ3n) is 5.02. The molecular weight excluding hydrogens is 344 g/mol. The van der Waals surface area contributed by atoms with Crippen molar-refractivity contribution in [3.63, 3.8) is 0 Å². The van der Waals surface area contributed by atoms with E-state index in [9.17, 15) is 0 Å². The Labute approximate surface area is 155 Å². The van der Waals surface area contributed by atoms with Crippen LogP contribution in [0.25, 0.3) is 16.0 Å². The lowest BCUT2D eigenvalue weighted by atomic mass is 10.2. The van der Waals surface area contributed by atoms with Crippen molar-refractivity contribution in [1.29, 1.82) is 0 Å². The molecule has 6 nitrogen and oxygen atoms in total. The molecule has 1 fully saturated rings. The molecular formula is C19H20N6S. The maximum Gasteiger partial charge on any atom is 0.214 e. The van der Waals surface area contributed by atoms with Gasteiger partial charge in [-0.25, -0.2) is 4.98 Å². The zero-order chi connectivity index (χ0) is 17.5. The molecule has 2 aromatic carbocycles. The second kappa shape index (κ2) is 6.26. The number of anilines is 2. The minimum Gasteiger partial charge on any atom is -0.399 e. The van der Waals surface area contributed by atoms with Gasteiger partial charge in [0, 0.05) is 49.1 Å². The Morgan fingerprint density at radius 1 is 0.962 bits per heavy atom. The van der Waals surface area contributed by atoms with E-state index in [1.165, 1.54) is 17.2 Å². The molecule has 0 saturated carbocycles. The average Bonchev–Trinajstić information content (AvgIpc) is 3.23. The van der Waals surface area contributed by atoms with Gasteiger partial charge < -0.3 is 10.6 Å². The predicted octanol–water partition coefficient (Wildman–Crippen LogP) is 2.85. The van der Waals surface area contributed by atoms with Crippen LogP contribution in [0.3, 0.4) is 0 Å². The molecule has 2 aromatic heterocycles. The first-order valence-corrected chi connectivity index (χ1v) is 9.60. The Hall–Kier alpha value is -2.64. The quantitative estimate of drug-likeness (QED) is 0.567. The van der Waals surface area contributed by atoms with Gasteiger partial charge in [0.1, 0.15) is 5.82 Å². The fourth-order valence-electron chi connectivity index (χ4n) is 3.60. The van der Waals surface area contributed by atoms with E-state index in [4.69, 9.17) is 5.73 Å². The molecule has 0 unspecified atom stereocenters. The van der Waals surface area contributed by atoms with E-state index in [0.717, 1.165) is 60.2 Å². The van der Waals surface area contributed by atoms with Gasteiger partial charge >= 0.3 is 0 Å². The average molecular weight is 364 g/mol. The first-order chi connectivity index (χ1) is 12.8. The Morgan fingerprint density at radius 2 is 1.73 bits per heavy atom. The zero-order valence-electron chi connectivity index (χ0n) is 14.4. The van der Waals surface area contributed by atoms with E-state index < -0.39 is 0 Å². The van der Waals surface area contributed by atoms with Crippen molar-refractivity contribution >= 4 is 38.9 Å². The van der Waals surface area contributed by atoms with Crippen molar-refractivity contribution < 1.29 is 0 Å². The Balaban J connectivity index is 1.32. The number of rotatable bonds is 3. The number of nitrogen functional groups attached to an aromatic ring is 1. The second-order valence-electron chi connectivity index (χ2n) is 6.67. The van der Waals surface area contributed by atoms with E-state index in [2.05, 4.69) is 53.9 Å². The molecule has 0 spiro atoms. The van der Waals surface area contributed by atoms with Gasteiger partial charge in [0.15, 0.2) is 0 Å². The molecule has 2 N–H and O–H groups in total. The fourth-order valence-corrected chi connectivity index (χ4v) is 4.35. The number of hydrogen-bond donors (Lipinski definition) is 1. The maximum absolute atomic E-state index is 5.79. The smallest absolute Gasteiger partial charge is 0.214 e. The molecule has 26 heavy (non-hydrogen) atoms. The van der Waals surface area contributed by atoms with Crippen LogP contribution < -0.4 is 10.6 Å². The number of imidazole rings is 1. The molecule has 0 amide bonds. The number of benzene rings is 2. The summed E-state index contributed by atoms with van der Waals surface area (Å²) in [5.74, 6) is 1.08. The van der Waals surface area contributed by atoms with Crippen molar-refractivity contribution in [2.45, 2.75) is 6.54 Å². The first kappa shape index (κ1) is 15.6. The molecule has 4 aromatic rings. The molecule has 1 aliphatic rings. The highest BCUT2D eigenvalue weighted by atomic mass is 32.1. The van der Waals surface area contributed by atoms with Crippen LogP contribution in [0, 0.1) is 0 Å². The number of nitrogens with two attached hydrogens (primary N) is 1. The van der Waals surface area contributed by atoms with Crippen molar-refractivity contribution in [2.24, 2.45) is 0 Å². The zero-order valence-corrected chi connectivity index (χ0v) is 15.2. The van der Waals surface area contributed by atoms with Crippen LogP contribution in [0.4, 0.5) is 11.4 Å². The van der Waals surface area contributed by atoms with Gasteiger partial charge in [-0.15, -0.1) is 0 Å². The van der Waals surface area contributed by atoms with Crippen LogP contribution in [0.15, 0.2) is 48.5 Å². The number of hydrogen-bond acceptors (Lipinski definition) is 6. The molecule has 0 bridgehead atoms. The molecule has 3 heterocycles. The SMILES string of the molecule is Nc1ccc(N2CCN(Cc3nsc4nc5ccccc5n34)CC2)cc1. The van der Waals surface area contributed by atoms with Crippen LogP contribution in [-0.2, 0) is 6.54 Å². The minimum atomic E-state index is 0.812. The van der Waals surface area contributed by atoms with Gasteiger partial charge in [-0.2, -0.15) is 4.37 Å². The summed E-state index contributed by atoms with van der Waals surface area (Å²) in [7, 11) is 0. The topological polar surface area (TPSA) is 62.7 Å². The van der Waals surface area contributed by atoms with Gasteiger partial charge in [0.25, 0.3) is 0 Å². The summed E-state index contributed by atoms with van der Waals surface area (Å²) >= 11 is 1.48. The minimum absolute atomic E-state index is 0.812. The van der Waals surface area contributed by atoms with E-state index in [-0.39, 0.29) is 0 Å². The number of aromatic nitrogens is 3. The molecule has 1 saturated heterocycles. The lowest BCUT2D eigenvalue weighted by Gasteiger charge is -2.35. The number of piperazine rings is 1. The van der Waals surface area contributed by atoms with Crippen LogP contribution in [0.5, 0.6) is 0 Å². The maximum atomic E-state index is 5.79. The van der Waals surface area contributed by atoms with E-state index in [0.29, 0.717) is 0 Å². The summed E-state index contributed by atoms with van der Waals surface area (Å²) in [5, 5.41) is 0. The van der Waals surface area contributed by atoms with Gasteiger partial charge in [0.2, 0.25) is 4.96 Å². The summed E-state index contributed by atoms with van der Waals surface area (Å²) in [6, 6.07) is 16.4. The van der Waals surface area contributed by atoms with Crippen LogP contribution >= 0.6 is 11.5 Å². The number of nitrogens with zero attached hydrogens (tertiary/aromatic N) is 5. The lowest BCUT2D eigenvalue weighted by Crippen LogP contribution is -2.46. The van der Waals surface area contributed by atoms with Crippen LogP contribution in [0.2, 0.25) is 0 Å². The highest BCUT2D eigenvalue weighted by molar-refractivity contribution is 7.11. The number of para-hydroxylation sites is 2. The summed E-state index contributed by atoms with van der Waals surface area (Å²) in [6.07, 6.45) is 0. The van der Waals surface area contributed by atoms with Gasteiger partial charge in [-0.3, -0.25) is 9.30 Å². The number of fused-ring (bicyclic) bond motifs is 3. The standard InChI is InChI=1S/C19H20N6S/c20-14-5-7-15(8-6-14)24-11-9-23(10-12-24)13-18-22-26-19-21-16-3-1-2-4-17(16)25(18)19/h1-8H,9-13,20H2. The lowest BCUT2D eigenvalue weighted by molar-refractivity contribution is 0.244. The fraction of sp³-hybridized carbons (Fsp3) is 0.263. The molecule has 0 radical (unpaired) electrons. The Kier molecular flexibility index (Phi) is 3.76. The van der Waals surface area contributed by atoms with E-state index >= 15 is 0 Å². The van der Waals surface area contributed by atoms with Gasteiger partial charge in [-0.05, 0) is 36.4 Å². The molecule has 0 atom stereocenters. The van der Waals surface area contributed by atoms with E-state index in [1.54, 1.807) is 0 Å². The summed E-state index contributed by atoms with van der Waals surface area (Å²) in [5.41, 5.74) is 10.0. The van der Waals surface area contributed by atoms with Gasteiger partial charge in [-0.1, -0.05) is 12.1 Å². The monoisotopic (exact) mass is 364 g/mol. The molecule has 0 aliphatic carbocycles. The predicted molar refractivity (Wildman–Crippen MR) is 107 cm³/mol. The summed E-state index contributed by atoms with van der Waals surface area (Å²) < 4.78 is 6.86. The Bertz CT molecular complexity index is 1040. The van der Waals surface area contributed by atoms with Crippen LogP contribution in [-0.4, -0.2) is 44.8 Å². The third kappa shape index (κ3) is 2.69. The Morgan fingerprint density at radius 3 is 2.54 bits per heavy atom. The largest absolute Gasteiger partial charge is 0.399 e. The van der Waals surface area contributed by atoms with Crippen molar-refractivity contribution in [3.8, 4) is 0 Å². The summed E-state index contributed by atoms with van der Waals surface area (Å²) in [6.45, 7) is 4.94. The van der Waals surface area contributed by atoms with Crippen molar-refractivity contribution in [2.75, 3.05) is 36.8 Å². The third-order valence-corrected chi connectivity index (χ3v) is 5.76. The van der Waals surface area contributed by atoms with Crippen LogP contribution in [0.1, 0.15) is 5.82 Å². The molecule has 132 valence electrons. The van der Waals surface area contributed by atoms with Gasteiger partial charge in [0.05, 0.1) is 17.6 Å². The highest BCUT2D eigenvalue weighted by Gasteiger charge is 2.20.